The normalized spacial score (nSPS) is 27.0. The molecular formula is C26H42N2O2. The van der Waals surface area contributed by atoms with Crippen LogP contribution in [0.2, 0.25) is 0 Å². The number of nitrogens with two attached hydrogens (primary N) is 2. The molecule has 0 unspecified atom stereocenters. The van der Waals surface area contributed by atoms with E-state index in [1.807, 2.05) is 0 Å². The molecule has 0 spiro atoms. The van der Waals surface area contributed by atoms with E-state index in [-0.39, 0.29) is 12.1 Å². The molecule has 1 aromatic carbocycles. The average molecular weight is 415 g/mol. The molecule has 2 saturated carbocycles. The van der Waals surface area contributed by atoms with Crippen molar-refractivity contribution < 1.29 is 9.53 Å². The lowest BCUT2D eigenvalue weighted by Gasteiger charge is -2.37. The van der Waals surface area contributed by atoms with Crippen LogP contribution in [0.25, 0.3) is 0 Å². The van der Waals surface area contributed by atoms with Gasteiger partial charge in [0, 0.05) is 11.4 Å². The van der Waals surface area contributed by atoms with Crippen molar-refractivity contribution in [3.8, 4) is 0 Å². The third-order valence-electron chi connectivity index (χ3n) is 7.48. The van der Waals surface area contributed by atoms with Crippen LogP contribution in [0.4, 0.5) is 11.4 Å². The van der Waals surface area contributed by atoms with E-state index in [0.717, 1.165) is 30.6 Å². The van der Waals surface area contributed by atoms with Gasteiger partial charge in [-0.05, 0) is 74.5 Å². The number of benzene rings is 1. The van der Waals surface area contributed by atoms with Crippen molar-refractivity contribution in [3.05, 3.63) is 23.8 Å². The predicted octanol–water partition coefficient (Wildman–Crippen LogP) is 6.73. The molecule has 2 fully saturated rings. The summed E-state index contributed by atoms with van der Waals surface area (Å²) in [6.07, 6.45) is 18.6. The zero-order valence-corrected chi connectivity index (χ0v) is 18.9. The Morgan fingerprint density at radius 3 is 2.00 bits per heavy atom. The summed E-state index contributed by atoms with van der Waals surface area (Å²) in [5.41, 5.74) is 13.1. The smallest absolute Gasteiger partial charge is 0.338 e. The minimum atomic E-state index is -0.295. The number of nitrogen functional groups attached to an aromatic ring is 2. The maximum atomic E-state index is 12.4. The maximum absolute atomic E-state index is 12.4. The monoisotopic (exact) mass is 414 g/mol. The van der Waals surface area contributed by atoms with Crippen LogP contribution in [-0.2, 0) is 4.74 Å². The molecule has 1 aromatic rings. The van der Waals surface area contributed by atoms with Gasteiger partial charge in [0.1, 0.15) is 6.10 Å². The van der Waals surface area contributed by atoms with Crippen LogP contribution in [0.15, 0.2) is 18.2 Å². The number of carbonyl (C=O) groups is 1. The molecule has 0 saturated heterocycles. The zero-order valence-electron chi connectivity index (χ0n) is 18.9. The minimum Gasteiger partial charge on any atom is -0.459 e. The standard InChI is InChI=1S/C26H42N2O2/c1-2-3-4-5-6-7-19-8-10-20(11-9-19)21-12-14-25(15-13-21)30-26(29)22-16-23(27)18-24(28)17-22/h16-21,25H,2-15,27-28H2,1H3. The van der Waals surface area contributed by atoms with Crippen LogP contribution in [0.1, 0.15) is 107 Å². The summed E-state index contributed by atoms with van der Waals surface area (Å²) in [6, 6.07) is 4.95. The lowest BCUT2D eigenvalue weighted by molar-refractivity contribution is 0.0109. The minimum absolute atomic E-state index is 0.0378. The Morgan fingerprint density at radius 2 is 1.40 bits per heavy atom. The van der Waals surface area contributed by atoms with E-state index < -0.39 is 0 Å². The van der Waals surface area contributed by atoms with Gasteiger partial charge >= 0.3 is 5.97 Å². The molecule has 168 valence electrons. The molecule has 0 atom stereocenters. The molecule has 2 aliphatic rings. The molecule has 3 rings (SSSR count). The van der Waals surface area contributed by atoms with Crippen molar-refractivity contribution in [1.82, 2.24) is 0 Å². The molecule has 0 radical (unpaired) electrons. The molecule has 4 heteroatoms. The van der Waals surface area contributed by atoms with E-state index in [0.29, 0.717) is 16.9 Å². The highest BCUT2D eigenvalue weighted by Gasteiger charge is 2.32. The van der Waals surface area contributed by atoms with Crippen molar-refractivity contribution in [1.29, 1.82) is 0 Å². The van der Waals surface area contributed by atoms with Gasteiger partial charge in [-0.2, -0.15) is 0 Å². The first-order chi connectivity index (χ1) is 14.5. The number of rotatable bonds is 9. The highest BCUT2D eigenvalue weighted by Crippen LogP contribution is 2.41. The van der Waals surface area contributed by atoms with Gasteiger partial charge in [0.25, 0.3) is 0 Å². The number of carbonyl (C=O) groups excluding carboxylic acids is 1. The summed E-state index contributed by atoms with van der Waals surface area (Å²) < 4.78 is 5.76. The number of ether oxygens (including phenoxy) is 1. The number of anilines is 2. The Balaban J connectivity index is 1.34. The largest absolute Gasteiger partial charge is 0.459 e. The van der Waals surface area contributed by atoms with Crippen molar-refractivity contribution in [2.24, 2.45) is 17.8 Å². The predicted molar refractivity (Wildman–Crippen MR) is 125 cm³/mol. The topological polar surface area (TPSA) is 78.3 Å². The van der Waals surface area contributed by atoms with E-state index in [9.17, 15) is 4.79 Å². The summed E-state index contributed by atoms with van der Waals surface area (Å²) in [5, 5.41) is 0. The Kier molecular flexibility index (Phi) is 8.89. The number of hydrogen-bond donors (Lipinski definition) is 2. The Morgan fingerprint density at radius 1 is 0.833 bits per heavy atom. The number of unbranched alkanes of at least 4 members (excludes halogenated alkanes) is 4. The molecule has 30 heavy (non-hydrogen) atoms. The van der Waals surface area contributed by atoms with Crippen molar-refractivity contribution in [2.75, 3.05) is 11.5 Å². The SMILES string of the molecule is CCCCCCCC1CCC(C2CCC(OC(=O)c3cc(N)cc(N)c3)CC2)CC1. The highest BCUT2D eigenvalue weighted by atomic mass is 16.5. The van der Waals surface area contributed by atoms with Crippen molar-refractivity contribution >= 4 is 17.3 Å². The maximum Gasteiger partial charge on any atom is 0.338 e. The second kappa shape index (κ2) is 11.6. The second-order valence-corrected chi connectivity index (χ2v) is 9.81. The van der Waals surface area contributed by atoms with Gasteiger partial charge < -0.3 is 16.2 Å². The Hall–Kier alpha value is -1.71. The number of esters is 1. The summed E-state index contributed by atoms with van der Waals surface area (Å²) in [5.74, 6) is 2.41. The summed E-state index contributed by atoms with van der Waals surface area (Å²) in [4.78, 5) is 12.4. The fourth-order valence-electron chi connectivity index (χ4n) is 5.68. The van der Waals surface area contributed by atoms with Gasteiger partial charge in [0.2, 0.25) is 0 Å². The number of hydrogen-bond acceptors (Lipinski definition) is 4. The van der Waals surface area contributed by atoms with Gasteiger partial charge in [-0.15, -0.1) is 0 Å². The summed E-state index contributed by atoms with van der Waals surface area (Å²) in [6.45, 7) is 2.29. The highest BCUT2D eigenvalue weighted by molar-refractivity contribution is 5.91. The third kappa shape index (κ3) is 6.92. The first-order valence-electron chi connectivity index (χ1n) is 12.4. The Labute approximate surface area is 183 Å². The molecule has 0 amide bonds. The molecule has 4 N–H and O–H groups in total. The third-order valence-corrected chi connectivity index (χ3v) is 7.48. The first-order valence-corrected chi connectivity index (χ1v) is 12.4. The van der Waals surface area contributed by atoms with Crippen LogP contribution in [-0.4, -0.2) is 12.1 Å². The molecule has 0 aliphatic heterocycles. The van der Waals surface area contributed by atoms with Crippen LogP contribution >= 0.6 is 0 Å². The van der Waals surface area contributed by atoms with E-state index in [1.54, 1.807) is 18.2 Å². The quantitative estimate of drug-likeness (QED) is 0.267. The summed E-state index contributed by atoms with van der Waals surface area (Å²) in [7, 11) is 0. The van der Waals surface area contributed by atoms with Gasteiger partial charge in [-0.1, -0.05) is 58.3 Å². The van der Waals surface area contributed by atoms with Gasteiger partial charge in [0.05, 0.1) is 5.56 Å². The van der Waals surface area contributed by atoms with E-state index in [2.05, 4.69) is 6.92 Å². The van der Waals surface area contributed by atoms with Crippen LogP contribution in [0.3, 0.4) is 0 Å². The molecule has 0 heterocycles. The van der Waals surface area contributed by atoms with Crippen LogP contribution in [0.5, 0.6) is 0 Å². The molecule has 2 aliphatic carbocycles. The fourth-order valence-corrected chi connectivity index (χ4v) is 5.68. The summed E-state index contributed by atoms with van der Waals surface area (Å²) >= 11 is 0. The Bertz CT molecular complexity index is 639. The fraction of sp³-hybridized carbons (Fsp3) is 0.731. The second-order valence-electron chi connectivity index (χ2n) is 9.81. The van der Waals surface area contributed by atoms with Crippen LogP contribution < -0.4 is 11.5 Å². The van der Waals surface area contributed by atoms with Gasteiger partial charge in [-0.3, -0.25) is 0 Å². The molecular weight excluding hydrogens is 372 g/mol. The van der Waals surface area contributed by atoms with Gasteiger partial charge in [0.15, 0.2) is 0 Å². The van der Waals surface area contributed by atoms with E-state index in [1.165, 1.54) is 77.0 Å². The van der Waals surface area contributed by atoms with Crippen molar-refractivity contribution in [3.63, 3.8) is 0 Å². The zero-order chi connectivity index (χ0) is 21.3. The molecule has 4 nitrogen and oxygen atoms in total. The van der Waals surface area contributed by atoms with Gasteiger partial charge in [-0.25, -0.2) is 4.79 Å². The molecule has 0 bridgehead atoms. The van der Waals surface area contributed by atoms with Crippen LogP contribution in [0, 0.1) is 17.8 Å². The van der Waals surface area contributed by atoms with E-state index in [4.69, 9.17) is 16.2 Å². The first kappa shape index (κ1) is 23.0. The average Bonchev–Trinajstić information content (AvgIpc) is 2.74. The van der Waals surface area contributed by atoms with E-state index >= 15 is 0 Å². The molecule has 0 aromatic heterocycles. The van der Waals surface area contributed by atoms with Crippen molar-refractivity contribution in [2.45, 2.75) is 103 Å². The lowest BCUT2D eigenvalue weighted by atomic mass is 9.70. The lowest BCUT2D eigenvalue weighted by Crippen LogP contribution is -2.29.